The minimum Gasteiger partial charge on any atom is -0.324 e. The van der Waals surface area contributed by atoms with Crippen molar-refractivity contribution in [2.45, 2.75) is 40.0 Å². The normalized spacial score (nSPS) is 14.6. The van der Waals surface area contributed by atoms with Crippen LogP contribution in [0.1, 0.15) is 37.3 Å². The summed E-state index contributed by atoms with van der Waals surface area (Å²) in [7, 11) is 0. The fraction of sp³-hybridized carbons (Fsp3) is 0.588. The highest BCUT2D eigenvalue weighted by Crippen LogP contribution is 2.29. The van der Waals surface area contributed by atoms with E-state index >= 15 is 0 Å². The van der Waals surface area contributed by atoms with Crippen LogP contribution in [0.15, 0.2) is 18.2 Å². The van der Waals surface area contributed by atoms with E-state index in [-0.39, 0.29) is 5.91 Å². The fourth-order valence-corrected chi connectivity index (χ4v) is 2.61. The molecular weight excluding hydrogens is 248 g/mol. The molecule has 0 aliphatic heterocycles. The molecule has 3 heteroatoms. The smallest absolute Gasteiger partial charge is 0.238 e. The van der Waals surface area contributed by atoms with Crippen LogP contribution in [-0.4, -0.2) is 30.4 Å². The van der Waals surface area contributed by atoms with E-state index in [9.17, 15) is 4.79 Å². The number of anilines is 1. The first kappa shape index (κ1) is 15.0. The quantitative estimate of drug-likeness (QED) is 0.827. The molecule has 1 N–H and O–H groups in total. The van der Waals surface area contributed by atoms with Crippen LogP contribution in [0, 0.1) is 19.8 Å². The molecule has 0 saturated heterocycles. The van der Waals surface area contributed by atoms with Crippen LogP contribution in [0.2, 0.25) is 0 Å². The van der Waals surface area contributed by atoms with Gasteiger partial charge in [-0.15, -0.1) is 0 Å². The predicted molar refractivity (Wildman–Crippen MR) is 84.0 cm³/mol. The molecule has 1 aliphatic carbocycles. The number of para-hydroxylation sites is 1. The molecule has 0 heterocycles. The molecule has 1 amide bonds. The minimum absolute atomic E-state index is 0.108. The number of carbonyl (C=O) groups excluding carboxylic acids is 1. The Morgan fingerprint density at radius 1 is 1.30 bits per heavy atom. The standard InChI is InChI=1S/C17H26N2O/c1-4-10-19(11-15-8-9-15)12-16(20)18-17-13(2)6-5-7-14(17)3/h5-7,15H,4,8-12H2,1-3H3,(H,18,20). The van der Waals surface area contributed by atoms with Crippen LogP contribution in [0.5, 0.6) is 0 Å². The number of benzene rings is 1. The minimum atomic E-state index is 0.108. The number of carbonyl (C=O) groups is 1. The molecule has 3 nitrogen and oxygen atoms in total. The summed E-state index contributed by atoms with van der Waals surface area (Å²) < 4.78 is 0. The van der Waals surface area contributed by atoms with Gasteiger partial charge < -0.3 is 5.32 Å². The lowest BCUT2D eigenvalue weighted by Crippen LogP contribution is -2.35. The lowest BCUT2D eigenvalue weighted by molar-refractivity contribution is -0.117. The van der Waals surface area contributed by atoms with Crippen LogP contribution in [0.3, 0.4) is 0 Å². The lowest BCUT2D eigenvalue weighted by Gasteiger charge is -2.21. The second-order valence-corrected chi connectivity index (χ2v) is 5.99. The van der Waals surface area contributed by atoms with E-state index in [1.54, 1.807) is 0 Å². The van der Waals surface area contributed by atoms with E-state index in [1.165, 1.54) is 12.8 Å². The Morgan fingerprint density at radius 3 is 2.50 bits per heavy atom. The molecular formula is C17H26N2O. The molecule has 110 valence electrons. The summed E-state index contributed by atoms with van der Waals surface area (Å²) in [6.45, 7) is 8.85. The van der Waals surface area contributed by atoms with Crippen molar-refractivity contribution >= 4 is 11.6 Å². The summed E-state index contributed by atoms with van der Waals surface area (Å²) in [6, 6.07) is 6.10. The number of amides is 1. The first-order valence-corrected chi connectivity index (χ1v) is 7.68. The largest absolute Gasteiger partial charge is 0.324 e. The molecule has 20 heavy (non-hydrogen) atoms. The predicted octanol–water partition coefficient (Wildman–Crippen LogP) is 3.36. The zero-order valence-electron chi connectivity index (χ0n) is 12.9. The average Bonchev–Trinajstić information content (AvgIpc) is 3.18. The van der Waals surface area contributed by atoms with E-state index in [0.29, 0.717) is 6.54 Å². The highest BCUT2D eigenvalue weighted by Gasteiger charge is 2.25. The number of nitrogens with one attached hydrogen (secondary N) is 1. The highest BCUT2D eigenvalue weighted by molar-refractivity contribution is 5.93. The van der Waals surface area contributed by atoms with Gasteiger partial charge in [-0.1, -0.05) is 25.1 Å². The second kappa shape index (κ2) is 6.89. The molecule has 0 spiro atoms. The van der Waals surface area contributed by atoms with E-state index in [0.717, 1.165) is 42.2 Å². The molecule has 1 fully saturated rings. The Balaban J connectivity index is 1.92. The Morgan fingerprint density at radius 2 is 1.95 bits per heavy atom. The number of hydrogen-bond donors (Lipinski definition) is 1. The van der Waals surface area contributed by atoms with Crippen molar-refractivity contribution in [1.29, 1.82) is 0 Å². The lowest BCUT2D eigenvalue weighted by atomic mass is 10.1. The summed E-state index contributed by atoms with van der Waals surface area (Å²) in [5.74, 6) is 0.936. The first-order chi connectivity index (χ1) is 9.60. The van der Waals surface area contributed by atoms with Crippen molar-refractivity contribution in [3.05, 3.63) is 29.3 Å². The van der Waals surface area contributed by atoms with Crippen LogP contribution >= 0.6 is 0 Å². The zero-order valence-corrected chi connectivity index (χ0v) is 12.9. The van der Waals surface area contributed by atoms with Crippen LogP contribution in [-0.2, 0) is 4.79 Å². The Labute approximate surface area is 122 Å². The third-order valence-corrected chi connectivity index (χ3v) is 3.87. The van der Waals surface area contributed by atoms with Crippen molar-refractivity contribution in [2.75, 3.05) is 25.0 Å². The summed E-state index contributed by atoms with van der Waals surface area (Å²) in [5.41, 5.74) is 3.23. The van der Waals surface area contributed by atoms with Crippen LogP contribution in [0.25, 0.3) is 0 Å². The van der Waals surface area contributed by atoms with Gasteiger partial charge in [0, 0.05) is 12.2 Å². The third-order valence-electron chi connectivity index (χ3n) is 3.87. The van der Waals surface area contributed by atoms with Gasteiger partial charge in [0.1, 0.15) is 0 Å². The van der Waals surface area contributed by atoms with Gasteiger partial charge in [-0.25, -0.2) is 0 Å². The van der Waals surface area contributed by atoms with Crippen molar-refractivity contribution < 1.29 is 4.79 Å². The topological polar surface area (TPSA) is 32.3 Å². The molecule has 2 rings (SSSR count). The molecule has 0 radical (unpaired) electrons. The van der Waals surface area contributed by atoms with Gasteiger partial charge in [0.2, 0.25) is 5.91 Å². The maximum atomic E-state index is 12.3. The molecule has 0 atom stereocenters. The van der Waals surface area contributed by atoms with Gasteiger partial charge in [0.15, 0.2) is 0 Å². The maximum Gasteiger partial charge on any atom is 0.238 e. The number of nitrogens with zero attached hydrogens (tertiary/aromatic N) is 1. The van der Waals surface area contributed by atoms with Crippen molar-refractivity contribution in [3.63, 3.8) is 0 Å². The van der Waals surface area contributed by atoms with Gasteiger partial charge in [-0.2, -0.15) is 0 Å². The van der Waals surface area contributed by atoms with Crippen LogP contribution < -0.4 is 5.32 Å². The average molecular weight is 274 g/mol. The van der Waals surface area contributed by atoms with E-state index in [1.807, 2.05) is 32.0 Å². The monoisotopic (exact) mass is 274 g/mol. The van der Waals surface area contributed by atoms with E-state index in [2.05, 4.69) is 17.1 Å². The molecule has 0 bridgehead atoms. The number of rotatable bonds is 7. The van der Waals surface area contributed by atoms with Gasteiger partial charge in [-0.3, -0.25) is 9.69 Å². The summed E-state index contributed by atoms with van der Waals surface area (Å²) in [6.07, 6.45) is 3.76. The van der Waals surface area contributed by atoms with Gasteiger partial charge in [0.05, 0.1) is 6.54 Å². The third kappa shape index (κ3) is 4.34. The zero-order chi connectivity index (χ0) is 14.5. The molecule has 0 aromatic heterocycles. The number of aryl methyl sites for hydroxylation is 2. The molecule has 1 aromatic rings. The molecule has 0 unspecified atom stereocenters. The Bertz CT molecular complexity index is 446. The van der Waals surface area contributed by atoms with Gasteiger partial charge in [0.25, 0.3) is 0 Å². The first-order valence-electron chi connectivity index (χ1n) is 7.68. The summed E-state index contributed by atoms with van der Waals surface area (Å²) in [5, 5.41) is 3.08. The van der Waals surface area contributed by atoms with E-state index < -0.39 is 0 Å². The van der Waals surface area contributed by atoms with Crippen LogP contribution in [0.4, 0.5) is 5.69 Å². The van der Waals surface area contributed by atoms with Crippen molar-refractivity contribution in [2.24, 2.45) is 5.92 Å². The van der Waals surface area contributed by atoms with E-state index in [4.69, 9.17) is 0 Å². The van der Waals surface area contributed by atoms with Gasteiger partial charge >= 0.3 is 0 Å². The Hall–Kier alpha value is -1.35. The summed E-state index contributed by atoms with van der Waals surface area (Å²) in [4.78, 5) is 14.5. The van der Waals surface area contributed by atoms with Gasteiger partial charge in [-0.05, 0) is 56.7 Å². The summed E-state index contributed by atoms with van der Waals surface area (Å²) >= 11 is 0. The fourth-order valence-electron chi connectivity index (χ4n) is 2.61. The van der Waals surface area contributed by atoms with Crippen molar-refractivity contribution in [3.8, 4) is 0 Å². The maximum absolute atomic E-state index is 12.3. The second-order valence-electron chi connectivity index (χ2n) is 5.99. The SMILES string of the molecule is CCCN(CC(=O)Nc1c(C)cccc1C)CC1CC1. The van der Waals surface area contributed by atoms with Crippen molar-refractivity contribution in [1.82, 2.24) is 4.90 Å². The molecule has 1 saturated carbocycles. The Kier molecular flexibility index (Phi) is 5.18. The molecule has 1 aromatic carbocycles. The highest BCUT2D eigenvalue weighted by atomic mass is 16.2. The molecule has 1 aliphatic rings. The number of hydrogen-bond acceptors (Lipinski definition) is 2.